The maximum absolute atomic E-state index is 13.6. The summed E-state index contributed by atoms with van der Waals surface area (Å²) in [6, 6.07) is 17.7. The van der Waals surface area contributed by atoms with Crippen molar-refractivity contribution in [1.29, 1.82) is 5.26 Å². The second kappa shape index (κ2) is 14.5. The smallest absolute Gasteiger partial charge is 0.431 e. The van der Waals surface area contributed by atoms with Crippen LogP contribution in [0.15, 0.2) is 67.3 Å². The number of hydrogen-bond acceptors (Lipinski definition) is 9. The van der Waals surface area contributed by atoms with E-state index in [1.165, 1.54) is 6.07 Å². The van der Waals surface area contributed by atoms with Crippen LogP contribution >= 0.6 is 0 Å². The van der Waals surface area contributed by atoms with E-state index in [0.717, 1.165) is 23.5 Å². The van der Waals surface area contributed by atoms with Crippen LogP contribution in [0.4, 0.5) is 33.3 Å². The Labute approximate surface area is 288 Å². The molecule has 10 nitrogen and oxygen atoms in total. The average Bonchev–Trinajstić information content (AvgIpc) is 3.80. The van der Waals surface area contributed by atoms with Gasteiger partial charge in [0.05, 0.1) is 17.8 Å². The SMILES string of the molecule is CN1C=CN(c2[c-]c(N3C=CN(C)[CH-]3)cc(C#N)c2)[CH-]1.C[Si](C)(c1cccc(Oc2[c-]cc(F)nc2F)n1)c1cc(C(F)(F)F)n[n-]1.[Ir]. The van der Waals surface area contributed by atoms with Gasteiger partial charge < -0.3 is 39.5 Å². The summed E-state index contributed by atoms with van der Waals surface area (Å²) in [7, 11) is 1.18. The van der Waals surface area contributed by atoms with Crippen LogP contribution in [0.5, 0.6) is 11.6 Å². The number of aromatic nitrogens is 4. The van der Waals surface area contributed by atoms with Gasteiger partial charge in [0, 0.05) is 31.5 Å². The summed E-state index contributed by atoms with van der Waals surface area (Å²) in [5.74, 6) is -2.74. The second-order valence-corrected chi connectivity index (χ2v) is 15.0. The van der Waals surface area contributed by atoms with Crippen molar-refractivity contribution in [3.05, 3.63) is 116 Å². The van der Waals surface area contributed by atoms with Gasteiger partial charge in [-0.25, -0.2) is 4.98 Å². The van der Waals surface area contributed by atoms with E-state index in [2.05, 4.69) is 38.4 Å². The van der Waals surface area contributed by atoms with E-state index in [-0.39, 0.29) is 31.3 Å². The van der Waals surface area contributed by atoms with Gasteiger partial charge in [-0.1, -0.05) is 30.8 Å². The van der Waals surface area contributed by atoms with E-state index < -0.39 is 37.6 Å². The van der Waals surface area contributed by atoms with Crippen LogP contribution in [-0.4, -0.2) is 47.0 Å². The molecule has 0 atom stereocenters. The van der Waals surface area contributed by atoms with Gasteiger partial charge in [0.25, 0.3) is 0 Å². The molecule has 0 aliphatic carbocycles. The number of nitrogens with zero attached hydrogens (tertiary/aromatic N) is 9. The minimum absolute atomic E-state index is 0. The molecule has 2 aliphatic rings. The van der Waals surface area contributed by atoms with Gasteiger partial charge in [0.2, 0.25) is 5.88 Å². The van der Waals surface area contributed by atoms with Crippen LogP contribution in [0.2, 0.25) is 13.1 Å². The molecule has 0 spiro atoms. The van der Waals surface area contributed by atoms with Crippen molar-refractivity contribution in [3.63, 3.8) is 0 Å². The third kappa shape index (κ3) is 8.37. The van der Waals surface area contributed by atoms with Crippen LogP contribution in [0, 0.1) is 48.7 Å². The molecule has 253 valence electrons. The molecule has 1 radical (unpaired) electrons. The number of benzene rings is 1. The number of rotatable bonds is 6. The first-order valence-corrected chi connectivity index (χ1v) is 16.7. The number of ether oxygens (including phenoxy) is 1. The van der Waals surface area contributed by atoms with Crippen molar-refractivity contribution in [3.8, 4) is 17.7 Å². The Kier molecular flexibility index (Phi) is 10.9. The largest absolute Gasteiger partial charge is 0.582 e. The van der Waals surface area contributed by atoms with Gasteiger partial charge in [0.15, 0.2) is 0 Å². The van der Waals surface area contributed by atoms with Crippen LogP contribution < -0.4 is 30.3 Å². The maximum Gasteiger partial charge on any atom is 0.431 e. The third-order valence-electron chi connectivity index (χ3n) is 6.82. The van der Waals surface area contributed by atoms with Gasteiger partial charge in [-0.3, -0.25) is 8.78 Å². The zero-order chi connectivity index (χ0) is 33.9. The molecular formula is C31H25F5IrN9OSi-5. The molecule has 2 aliphatic heterocycles. The van der Waals surface area contributed by atoms with E-state index in [0.29, 0.717) is 10.9 Å². The Balaban J connectivity index is 0.000000221. The Morgan fingerprint density at radius 3 is 2.08 bits per heavy atom. The predicted molar refractivity (Wildman–Crippen MR) is 164 cm³/mol. The molecule has 0 unspecified atom stereocenters. The second-order valence-electron chi connectivity index (χ2n) is 10.8. The van der Waals surface area contributed by atoms with Crippen LogP contribution in [0.25, 0.3) is 0 Å². The fourth-order valence-corrected chi connectivity index (χ4v) is 6.26. The number of nitriles is 1. The third-order valence-corrected chi connectivity index (χ3v) is 9.90. The molecule has 5 heterocycles. The summed E-state index contributed by atoms with van der Waals surface area (Å²) in [6.07, 6.45) is 3.18. The molecule has 0 bridgehead atoms. The zero-order valence-electron chi connectivity index (χ0n) is 25.7. The summed E-state index contributed by atoms with van der Waals surface area (Å²) in [4.78, 5) is 15.0. The molecular weight excluding hydrogens is 830 g/mol. The van der Waals surface area contributed by atoms with Crippen LogP contribution in [-0.2, 0) is 26.3 Å². The quantitative estimate of drug-likeness (QED) is 0.119. The topological polar surface area (TPSA) is 98.8 Å². The zero-order valence-corrected chi connectivity index (χ0v) is 29.1. The maximum atomic E-state index is 13.6. The van der Waals surface area contributed by atoms with Gasteiger partial charge in [-0.2, -0.15) is 31.8 Å². The van der Waals surface area contributed by atoms with E-state index >= 15 is 0 Å². The molecule has 4 aromatic rings. The van der Waals surface area contributed by atoms with E-state index in [4.69, 9.17) is 4.74 Å². The molecule has 48 heavy (non-hydrogen) atoms. The standard InChI is InChI=1S/C16H11F5N4OSi.C15H14N5.Ir/c1-27(2,14-8-10(24-25-14)16(19,20)21)13-5-3-4-12(23-13)26-9-6-7-11(17)22-15(9)18;1-17-3-5-19(11-17)14-7-13(10-16)8-15(9-14)20-6-4-18(2)12-20;/h3-5,7-8H,1-2H3;3-8,11-12H,1-2H3;/q-2;-3;. The van der Waals surface area contributed by atoms with Gasteiger partial charge in [0.1, 0.15) is 19.7 Å². The summed E-state index contributed by atoms with van der Waals surface area (Å²) in [5.41, 5.74) is 1.23. The van der Waals surface area contributed by atoms with E-state index in [1.54, 1.807) is 25.2 Å². The number of anilines is 2. The number of halogens is 5. The Morgan fingerprint density at radius 2 is 1.58 bits per heavy atom. The van der Waals surface area contributed by atoms with Crippen LogP contribution in [0.1, 0.15) is 11.3 Å². The van der Waals surface area contributed by atoms with Crippen LogP contribution in [0.3, 0.4) is 0 Å². The first-order valence-electron chi connectivity index (χ1n) is 13.7. The minimum Gasteiger partial charge on any atom is -0.582 e. The average molecular weight is 855 g/mol. The van der Waals surface area contributed by atoms with Crippen molar-refractivity contribution < 1.29 is 46.8 Å². The van der Waals surface area contributed by atoms with E-state index in [9.17, 15) is 27.2 Å². The minimum atomic E-state index is -4.59. The van der Waals surface area contributed by atoms with Crippen molar-refractivity contribution >= 4 is 30.1 Å². The summed E-state index contributed by atoms with van der Waals surface area (Å²) < 4.78 is 70.0. The monoisotopic (exact) mass is 855 g/mol. The van der Waals surface area contributed by atoms with Gasteiger partial charge in [-0.15, -0.1) is 47.0 Å². The summed E-state index contributed by atoms with van der Waals surface area (Å²) >= 11 is 0. The van der Waals surface area contributed by atoms with Gasteiger partial charge >= 0.3 is 6.18 Å². The molecule has 0 amide bonds. The van der Waals surface area contributed by atoms with Crippen molar-refractivity contribution in [2.75, 3.05) is 23.9 Å². The normalized spacial score (nSPS) is 14.1. The molecule has 0 N–H and O–H groups in total. The molecule has 3 aromatic heterocycles. The summed E-state index contributed by atoms with van der Waals surface area (Å²) in [5, 5.41) is 16.7. The molecule has 1 aromatic carbocycles. The van der Waals surface area contributed by atoms with Crippen molar-refractivity contribution in [2.24, 2.45) is 0 Å². The Morgan fingerprint density at radius 1 is 0.958 bits per heavy atom. The first kappa shape index (κ1) is 36.1. The van der Waals surface area contributed by atoms with Crippen molar-refractivity contribution in [1.82, 2.24) is 30.0 Å². The predicted octanol–water partition coefficient (Wildman–Crippen LogP) is 4.58. The van der Waals surface area contributed by atoms with Crippen molar-refractivity contribution in [2.45, 2.75) is 19.3 Å². The number of hydrogen-bond donors (Lipinski definition) is 0. The summed E-state index contributed by atoms with van der Waals surface area (Å²) in [6.45, 7) is 7.36. The Bertz CT molecular complexity index is 1820. The Hall–Kier alpha value is -4.78. The number of pyridine rings is 2. The number of alkyl halides is 3. The van der Waals surface area contributed by atoms with E-state index in [1.807, 2.05) is 84.0 Å². The molecule has 17 heteroatoms. The fourth-order valence-electron chi connectivity index (χ4n) is 4.30. The molecule has 0 fully saturated rings. The molecule has 6 rings (SSSR count). The molecule has 0 saturated heterocycles. The molecule has 0 saturated carbocycles. The van der Waals surface area contributed by atoms with Gasteiger partial charge in [-0.05, 0) is 45.0 Å². The fraction of sp³-hybridized carbons (Fsp3) is 0.161. The first-order chi connectivity index (χ1) is 22.2.